The molecule has 1 fully saturated rings. The summed E-state index contributed by atoms with van der Waals surface area (Å²) in [4.78, 5) is 15.4. The van der Waals surface area contributed by atoms with Crippen molar-refractivity contribution in [3.63, 3.8) is 0 Å². The number of fused-ring (bicyclic) bond motifs is 1. The molecule has 2 aromatic carbocycles. The third-order valence-electron chi connectivity index (χ3n) is 5.30. The summed E-state index contributed by atoms with van der Waals surface area (Å²) in [5.41, 5.74) is 3.97. The van der Waals surface area contributed by atoms with E-state index < -0.39 is 10.0 Å². The second kappa shape index (κ2) is 6.94. The number of aromatic amines is 1. The summed E-state index contributed by atoms with van der Waals surface area (Å²) in [6.45, 7) is 3.10. The van der Waals surface area contributed by atoms with Crippen molar-refractivity contribution in [2.45, 2.75) is 31.1 Å². The molecule has 1 aliphatic rings. The number of benzene rings is 2. The molecule has 0 unspecified atom stereocenters. The Labute approximate surface area is 159 Å². The third-order valence-corrected chi connectivity index (χ3v) is 7.19. The zero-order valence-corrected chi connectivity index (χ0v) is 16.1. The molecule has 1 saturated heterocycles. The standard InChI is InChI=1S/C21H22N2O3S/c1-15-7-3-4-8-17(15)21-19(14-24)18-13-16(9-10-20(18)22-21)27(25,26)23-11-5-2-6-12-23/h3-4,7-10,13-14,22H,2,5-6,11-12H2,1H3. The summed E-state index contributed by atoms with van der Waals surface area (Å²) >= 11 is 0. The van der Waals surface area contributed by atoms with E-state index in [0.717, 1.165) is 47.9 Å². The second-order valence-electron chi connectivity index (χ2n) is 7.02. The van der Waals surface area contributed by atoms with Crippen molar-refractivity contribution in [3.05, 3.63) is 53.6 Å². The van der Waals surface area contributed by atoms with E-state index in [4.69, 9.17) is 0 Å². The lowest BCUT2D eigenvalue weighted by atomic mass is 10.0. The van der Waals surface area contributed by atoms with Gasteiger partial charge in [-0.05, 0) is 43.5 Å². The molecule has 27 heavy (non-hydrogen) atoms. The van der Waals surface area contributed by atoms with Gasteiger partial charge in [0.2, 0.25) is 10.0 Å². The van der Waals surface area contributed by atoms with Crippen molar-refractivity contribution >= 4 is 27.2 Å². The first-order chi connectivity index (χ1) is 13.0. The van der Waals surface area contributed by atoms with Gasteiger partial charge in [0.05, 0.1) is 10.6 Å². The topological polar surface area (TPSA) is 70.2 Å². The fraction of sp³-hybridized carbons (Fsp3) is 0.286. The molecule has 1 N–H and O–H groups in total. The third kappa shape index (κ3) is 3.09. The number of nitrogens with one attached hydrogen (secondary N) is 1. The molecule has 0 atom stereocenters. The van der Waals surface area contributed by atoms with Crippen LogP contribution in [0.4, 0.5) is 0 Å². The van der Waals surface area contributed by atoms with E-state index in [-0.39, 0.29) is 4.90 Å². The van der Waals surface area contributed by atoms with E-state index in [1.165, 1.54) is 0 Å². The van der Waals surface area contributed by atoms with E-state index in [2.05, 4.69) is 4.98 Å². The Kier molecular flexibility index (Phi) is 4.61. The number of sulfonamides is 1. The van der Waals surface area contributed by atoms with E-state index in [1.54, 1.807) is 22.5 Å². The first kappa shape index (κ1) is 17.9. The van der Waals surface area contributed by atoms with Gasteiger partial charge in [-0.3, -0.25) is 4.79 Å². The maximum absolute atomic E-state index is 13.0. The van der Waals surface area contributed by atoms with Crippen LogP contribution in [0.1, 0.15) is 35.2 Å². The van der Waals surface area contributed by atoms with Crippen LogP contribution >= 0.6 is 0 Å². The predicted octanol–water partition coefficient (Wildman–Crippen LogP) is 4.13. The van der Waals surface area contributed by atoms with E-state index >= 15 is 0 Å². The number of aromatic nitrogens is 1. The van der Waals surface area contributed by atoms with Gasteiger partial charge < -0.3 is 4.98 Å². The largest absolute Gasteiger partial charge is 0.354 e. The first-order valence-electron chi connectivity index (χ1n) is 9.19. The molecule has 2 heterocycles. The molecule has 3 aromatic rings. The molecule has 0 saturated carbocycles. The van der Waals surface area contributed by atoms with Gasteiger partial charge >= 0.3 is 0 Å². The molecule has 0 radical (unpaired) electrons. The Morgan fingerprint density at radius 3 is 2.48 bits per heavy atom. The van der Waals surface area contributed by atoms with Gasteiger partial charge in [-0.2, -0.15) is 4.31 Å². The lowest BCUT2D eigenvalue weighted by Gasteiger charge is -2.25. The normalized spacial score (nSPS) is 15.9. The van der Waals surface area contributed by atoms with Crippen molar-refractivity contribution in [3.8, 4) is 11.3 Å². The summed E-state index contributed by atoms with van der Waals surface area (Å²) in [7, 11) is -3.54. The highest BCUT2D eigenvalue weighted by molar-refractivity contribution is 7.89. The van der Waals surface area contributed by atoms with Crippen LogP contribution in [0.25, 0.3) is 22.2 Å². The van der Waals surface area contributed by atoms with Crippen molar-refractivity contribution in [2.24, 2.45) is 0 Å². The van der Waals surface area contributed by atoms with Crippen LogP contribution in [0, 0.1) is 6.92 Å². The number of hydrogen-bond acceptors (Lipinski definition) is 3. The number of nitrogens with zero attached hydrogens (tertiary/aromatic N) is 1. The molecule has 1 aliphatic heterocycles. The van der Waals surface area contributed by atoms with Crippen molar-refractivity contribution in [2.75, 3.05) is 13.1 Å². The lowest BCUT2D eigenvalue weighted by molar-refractivity contribution is 0.112. The van der Waals surface area contributed by atoms with Gasteiger partial charge in [0.1, 0.15) is 0 Å². The Balaban J connectivity index is 1.86. The van der Waals surface area contributed by atoms with Crippen molar-refractivity contribution in [1.29, 1.82) is 0 Å². The van der Waals surface area contributed by atoms with Crippen LogP contribution in [-0.2, 0) is 10.0 Å². The van der Waals surface area contributed by atoms with Crippen molar-refractivity contribution < 1.29 is 13.2 Å². The van der Waals surface area contributed by atoms with Crippen LogP contribution in [-0.4, -0.2) is 37.1 Å². The number of H-pyrrole nitrogens is 1. The quantitative estimate of drug-likeness (QED) is 0.690. The number of carbonyl (C=O) groups is 1. The Bertz CT molecular complexity index is 1110. The maximum atomic E-state index is 13.0. The minimum Gasteiger partial charge on any atom is -0.354 e. The molecule has 0 bridgehead atoms. The van der Waals surface area contributed by atoms with Crippen molar-refractivity contribution in [1.82, 2.24) is 9.29 Å². The molecule has 0 aliphatic carbocycles. The molecular formula is C21H22N2O3S. The van der Waals surface area contributed by atoms with Gasteiger partial charge in [0, 0.05) is 35.1 Å². The van der Waals surface area contributed by atoms with E-state index in [1.807, 2.05) is 31.2 Å². The molecule has 5 nitrogen and oxygen atoms in total. The summed E-state index contributed by atoms with van der Waals surface area (Å²) in [5, 5.41) is 0.640. The van der Waals surface area contributed by atoms with Gasteiger partial charge in [-0.25, -0.2) is 8.42 Å². The number of rotatable bonds is 4. The van der Waals surface area contributed by atoms with Crippen LogP contribution < -0.4 is 0 Å². The zero-order chi connectivity index (χ0) is 19.0. The second-order valence-corrected chi connectivity index (χ2v) is 8.96. The van der Waals surface area contributed by atoms with Gasteiger partial charge in [0.15, 0.2) is 6.29 Å². The summed E-state index contributed by atoms with van der Waals surface area (Å²) in [6, 6.07) is 12.8. The van der Waals surface area contributed by atoms with Crippen LogP contribution in [0.15, 0.2) is 47.4 Å². The number of aryl methyl sites for hydroxylation is 1. The number of carbonyl (C=O) groups excluding carboxylic acids is 1. The van der Waals surface area contributed by atoms with Gasteiger partial charge in [-0.1, -0.05) is 30.7 Å². The molecule has 4 rings (SSSR count). The minimum absolute atomic E-state index is 0.246. The fourth-order valence-electron chi connectivity index (χ4n) is 3.79. The Morgan fingerprint density at radius 2 is 1.78 bits per heavy atom. The summed E-state index contributed by atoms with van der Waals surface area (Å²) in [6.07, 6.45) is 3.65. The SMILES string of the molecule is Cc1ccccc1-c1[nH]c2ccc(S(=O)(=O)N3CCCCC3)cc2c1C=O. The zero-order valence-electron chi connectivity index (χ0n) is 15.2. The van der Waals surface area contributed by atoms with Crippen LogP contribution in [0.3, 0.4) is 0 Å². The fourth-order valence-corrected chi connectivity index (χ4v) is 5.34. The smallest absolute Gasteiger partial charge is 0.243 e. The predicted molar refractivity (Wildman–Crippen MR) is 106 cm³/mol. The molecule has 140 valence electrons. The summed E-state index contributed by atoms with van der Waals surface area (Å²) < 4.78 is 27.5. The molecule has 0 amide bonds. The van der Waals surface area contributed by atoms with E-state index in [9.17, 15) is 13.2 Å². The average Bonchev–Trinajstić information content (AvgIpc) is 3.06. The lowest BCUT2D eigenvalue weighted by Crippen LogP contribution is -2.35. The molecule has 0 spiro atoms. The monoisotopic (exact) mass is 382 g/mol. The Morgan fingerprint density at radius 1 is 1.04 bits per heavy atom. The number of hydrogen-bond donors (Lipinski definition) is 1. The van der Waals surface area contributed by atoms with Gasteiger partial charge in [-0.15, -0.1) is 0 Å². The highest BCUT2D eigenvalue weighted by Crippen LogP contribution is 2.33. The molecule has 6 heteroatoms. The van der Waals surface area contributed by atoms with E-state index in [0.29, 0.717) is 24.0 Å². The summed E-state index contributed by atoms with van der Waals surface area (Å²) in [5.74, 6) is 0. The average molecular weight is 382 g/mol. The maximum Gasteiger partial charge on any atom is 0.243 e. The Hall–Kier alpha value is -2.44. The van der Waals surface area contributed by atoms with Gasteiger partial charge in [0.25, 0.3) is 0 Å². The molecule has 1 aromatic heterocycles. The number of aldehydes is 1. The highest BCUT2D eigenvalue weighted by atomic mass is 32.2. The minimum atomic E-state index is -3.54. The number of piperidine rings is 1. The molecular weight excluding hydrogens is 360 g/mol. The highest BCUT2D eigenvalue weighted by Gasteiger charge is 2.27. The van der Waals surface area contributed by atoms with Crippen LogP contribution in [0.2, 0.25) is 0 Å². The first-order valence-corrected chi connectivity index (χ1v) is 10.6. The van der Waals surface area contributed by atoms with Crippen LogP contribution in [0.5, 0.6) is 0 Å².